The van der Waals surface area contributed by atoms with Crippen molar-refractivity contribution in [3.63, 3.8) is 0 Å². The zero-order valence-electron chi connectivity index (χ0n) is 14.0. The van der Waals surface area contributed by atoms with Gasteiger partial charge in [0.25, 0.3) is 0 Å². The van der Waals surface area contributed by atoms with Gasteiger partial charge in [0.2, 0.25) is 5.91 Å². The summed E-state index contributed by atoms with van der Waals surface area (Å²) < 4.78 is 1.04. The number of anilines is 1. The van der Waals surface area contributed by atoms with E-state index in [0.717, 1.165) is 14.3 Å². The molecule has 2 aromatic rings. The van der Waals surface area contributed by atoms with Gasteiger partial charge >= 0.3 is 6.03 Å². The molecule has 1 atom stereocenters. The molecule has 0 aliphatic rings. The van der Waals surface area contributed by atoms with Crippen LogP contribution in [0.2, 0.25) is 0 Å². The maximum Gasteiger partial charge on any atom is 0.312 e. The number of nitrogens with two attached hydrogens (primary N) is 1. The number of amides is 3. The summed E-state index contributed by atoms with van der Waals surface area (Å²) in [5, 5.41) is 5.27. The lowest BCUT2D eigenvalue weighted by molar-refractivity contribution is -0.118. The molecule has 132 valence electrons. The number of rotatable bonds is 6. The van der Waals surface area contributed by atoms with Gasteiger partial charge in [-0.2, -0.15) is 0 Å². The molecule has 0 aliphatic heterocycles. The monoisotopic (exact) mass is 421 g/mol. The summed E-state index contributed by atoms with van der Waals surface area (Å²) in [5.41, 5.74) is 5.80. The first kappa shape index (κ1) is 19.3. The molecule has 0 saturated heterocycles. The van der Waals surface area contributed by atoms with Crippen LogP contribution < -0.4 is 16.4 Å². The van der Waals surface area contributed by atoms with E-state index in [4.69, 9.17) is 5.73 Å². The number of nitrogens with one attached hydrogen (secondary N) is 2. The maximum absolute atomic E-state index is 12.3. The third-order valence-corrected chi connectivity index (χ3v) is 4.96. The number of carbonyl (C=O) groups excluding carboxylic acids is 2. The van der Waals surface area contributed by atoms with Gasteiger partial charge in [-0.25, -0.2) is 4.79 Å². The van der Waals surface area contributed by atoms with E-state index in [0.29, 0.717) is 5.69 Å². The topological polar surface area (TPSA) is 84.2 Å². The molecule has 25 heavy (non-hydrogen) atoms. The molecule has 0 unspecified atom stereocenters. The van der Waals surface area contributed by atoms with Crippen molar-refractivity contribution in [1.82, 2.24) is 5.32 Å². The Morgan fingerprint density at radius 3 is 2.00 bits per heavy atom. The first-order chi connectivity index (χ1) is 11.8. The van der Waals surface area contributed by atoms with Crippen molar-refractivity contribution in [1.29, 1.82) is 0 Å². The Morgan fingerprint density at radius 1 is 1.00 bits per heavy atom. The van der Waals surface area contributed by atoms with Gasteiger partial charge in [-0.05, 0) is 54.4 Å². The largest absolute Gasteiger partial charge is 0.352 e. The van der Waals surface area contributed by atoms with Crippen molar-refractivity contribution in [3.8, 4) is 0 Å². The highest BCUT2D eigenvalue weighted by atomic mass is 79.9. The van der Waals surface area contributed by atoms with Gasteiger partial charge < -0.3 is 16.4 Å². The average molecular weight is 422 g/mol. The predicted molar refractivity (Wildman–Crippen MR) is 105 cm³/mol. The van der Waals surface area contributed by atoms with Gasteiger partial charge in [-0.1, -0.05) is 41.5 Å². The number of hydrogen-bond donors (Lipinski definition) is 3. The smallest absolute Gasteiger partial charge is 0.312 e. The highest BCUT2D eigenvalue weighted by Crippen LogP contribution is 2.29. The van der Waals surface area contributed by atoms with Crippen LogP contribution in [0.3, 0.4) is 0 Å². The van der Waals surface area contributed by atoms with E-state index in [1.807, 2.05) is 62.4 Å². The number of carbonyl (C=O) groups is 2. The summed E-state index contributed by atoms with van der Waals surface area (Å²) in [6, 6.07) is 14.2. The quantitative estimate of drug-likeness (QED) is 0.652. The van der Waals surface area contributed by atoms with Gasteiger partial charge in [0.15, 0.2) is 0 Å². The molecule has 0 heterocycles. The third-order valence-electron chi connectivity index (χ3n) is 3.42. The van der Waals surface area contributed by atoms with Crippen molar-refractivity contribution in [2.75, 3.05) is 5.32 Å². The summed E-state index contributed by atoms with van der Waals surface area (Å²) in [4.78, 5) is 25.5. The molecule has 5 nitrogen and oxygen atoms in total. The molecule has 0 spiro atoms. The number of urea groups is 1. The second-order valence-corrected chi connectivity index (χ2v) is 7.86. The molecule has 7 heteroatoms. The summed E-state index contributed by atoms with van der Waals surface area (Å²) in [7, 11) is 0. The van der Waals surface area contributed by atoms with Crippen LogP contribution >= 0.6 is 27.7 Å². The molecular weight excluding hydrogens is 402 g/mol. The zero-order valence-corrected chi connectivity index (χ0v) is 16.4. The third kappa shape index (κ3) is 6.10. The van der Waals surface area contributed by atoms with E-state index in [2.05, 4.69) is 26.6 Å². The van der Waals surface area contributed by atoms with E-state index < -0.39 is 12.1 Å². The van der Waals surface area contributed by atoms with Crippen LogP contribution in [0, 0.1) is 5.92 Å². The van der Waals surface area contributed by atoms with Crippen LogP contribution in [0.1, 0.15) is 13.8 Å². The zero-order chi connectivity index (χ0) is 18.4. The molecule has 0 saturated carbocycles. The van der Waals surface area contributed by atoms with Gasteiger partial charge in [-0.15, -0.1) is 0 Å². The van der Waals surface area contributed by atoms with Crippen LogP contribution in [0.5, 0.6) is 0 Å². The Labute approximate surface area is 159 Å². The van der Waals surface area contributed by atoms with E-state index in [-0.39, 0.29) is 11.8 Å². The van der Waals surface area contributed by atoms with Crippen LogP contribution in [-0.2, 0) is 4.79 Å². The second-order valence-electron chi connectivity index (χ2n) is 5.80. The van der Waals surface area contributed by atoms with Crippen LogP contribution in [0.15, 0.2) is 62.8 Å². The first-order valence-electron chi connectivity index (χ1n) is 7.75. The molecule has 3 amide bonds. The number of halogens is 1. The van der Waals surface area contributed by atoms with Gasteiger partial charge in [0.1, 0.15) is 6.04 Å². The predicted octanol–water partition coefficient (Wildman–Crippen LogP) is 4.23. The van der Waals surface area contributed by atoms with E-state index >= 15 is 0 Å². The lowest BCUT2D eigenvalue weighted by Crippen LogP contribution is -2.49. The van der Waals surface area contributed by atoms with Crippen molar-refractivity contribution in [3.05, 3.63) is 53.0 Å². The maximum atomic E-state index is 12.3. The molecule has 0 fully saturated rings. The fourth-order valence-corrected chi connectivity index (χ4v) is 3.23. The van der Waals surface area contributed by atoms with Crippen LogP contribution in [0.25, 0.3) is 0 Å². The van der Waals surface area contributed by atoms with Crippen LogP contribution in [-0.4, -0.2) is 18.0 Å². The summed E-state index contributed by atoms with van der Waals surface area (Å²) >= 11 is 5.05. The minimum Gasteiger partial charge on any atom is -0.352 e. The second kappa shape index (κ2) is 8.92. The number of primary amides is 1. The summed E-state index contributed by atoms with van der Waals surface area (Å²) in [5.74, 6) is -0.359. The Balaban J connectivity index is 2.00. The Kier molecular flexibility index (Phi) is 6.90. The standard InChI is InChI=1S/C18H20BrN3O2S/c1-11(2)16(22-18(20)24)17(23)21-13-5-9-15(10-6-13)25-14-7-3-12(19)4-8-14/h3-11,16H,1-2H3,(H,21,23)(H3,20,22,24)/t16-/m0/s1. The molecule has 4 N–H and O–H groups in total. The van der Waals surface area contributed by atoms with Gasteiger partial charge in [-0.3, -0.25) is 4.79 Å². The number of hydrogen-bond acceptors (Lipinski definition) is 3. The van der Waals surface area contributed by atoms with Gasteiger partial charge in [0, 0.05) is 20.0 Å². The fourth-order valence-electron chi connectivity index (χ4n) is 2.15. The normalized spacial score (nSPS) is 11.8. The van der Waals surface area contributed by atoms with E-state index in [1.54, 1.807) is 11.8 Å². The Bertz CT molecular complexity index is 733. The Hall–Kier alpha value is -1.99. The molecule has 0 aromatic heterocycles. The summed E-state index contributed by atoms with van der Waals surface area (Å²) in [6.45, 7) is 3.69. The van der Waals surface area contributed by atoms with E-state index in [1.165, 1.54) is 0 Å². The summed E-state index contributed by atoms with van der Waals surface area (Å²) in [6.07, 6.45) is 0. The molecule has 0 bridgehead atoms. The molecule has 0 aliphatic carbocycles. The molecular formula is C18H20BrN3O2S. The van der Waals surface area contributed by atoms with E-state index in [9.17, 15) is 9.59 Å². The lowest BCUT2D eigenvalue weighted by Gasteiger charge is -2.20. The van der Waals surface area contributed by atoms with Gasteiger partial charge in [0.05, 0.1) is 0 Å². The SMILES string of the molecule is CC(C)[C@H](NC(N)=O)C(=O)Nc1ccc(Sc2ccc(Br)cc2)cc1. The molecule has 2 rings (SSSR count). The van der Waals surface area contributed by atoms with Crippen molar-refractivity contribution in [2.45, 2.75) is 29.7 Å². The van der Waals surface area contributed by atoms with Crippen LogP contribution in [0.4, 0.5) is 10.5 Å². The van der Waals surface area contributed by atoms with Crippen molar-refractivity contribution < 1.29 is 9.59 Å². The lowest BCUT2D eigenvalue weighted by atomic mass is 10.0. The first-order valence-corrected chi connectivity index (χ1v) is 9.36. The Morgan fingerprint density at radius 2 is 1.52 bits per heavy atom. The number of benzene rings is 2. The minimum atomic E-state index is -0.713. The average Bonchev–Trinajstić information content (AvgIpc) is 2.56. The molecule has 0 radical (unpaired) electrons. The molecule has 2 aromatic carbocycles. The fraction of sp³-hybridized carbons (Fsp3) is 0.222. The minimum absolute atomic E-state index is 0.0697. The highest BCUT2D eigenvalue weighted by Gasteiger charge is 2.23. The van der Waals surface area contributed by atoms with Crippen molar-refractivity contribution >= 4 is 45.3 Å². The highest BCUT2D eigenvalue weighted by molar-refractivity contribution is 9.10. The van der Waals surface area contributed by atoms with Crippen molar-refractivity contribution in [2.24, 2.45) is 11.7 Å².